The van der Waals surface area contributed by atoms with Crippen LogP contribution in [0.1, 0.15) is 6.42 Å². The van der Waals surface area contributed by atoms with Gasteiger partial charge in [-0.2, -0.15) is 8.42 Å². The van der Waals surface area contributed by atoms with E-state index in [1.165, 1.54) is 12.1 Å². The molecule has 1 fully saturated rings. The highest BCUT2D eigenvalue weighted by molar-refractivity contribution is 7.87. The summed E-state index contributed by atoms with van der Waals surface area (Å²) < 4.78 is 48.7. The van der Waals surface area contributed by atoms with E-state index in [1.54, 1.807) is 6.07 Å². The van der Waals surface area contributed by atoms with E-state index in [4.69, 9.17) is 0 Å². The predicted octanol–water partition coefficient (Wildman–Crippen LogP) is 1.84. The molecule has 2 aromatic rings. The number of amides is 1. The van der Waals surface area contributed by atoms with Gasteiger partial charge in [0.1, 0.15) is 16.6 Å². The molecule has 5 nitrogen and oxygen atoms in total. The molecule has 1 atom stereocenters. The van der Waals surface area contributed by atoms with Gasteiger partial charge in [-0.05, 0) is 12.1 Å². The average Bonchev–Trinajstić information content (AvgIpc) is 2.92. The van der Waals surface area contributed by atoms with Gasteiger partial charge in [-0.3, -0.25) is 9.69 Å². The molecular weight excluding hydrogens is 310 g/mol. The number of carbonyl (C=O) groups is 1. The standard InChI is InChI=1S/C11H8F2N2O3S2/c12-7-2-1-3-8-10(7)14-11(19-8)15-5-6(4-9(15)16)20(13,17)18/h1-3,6H,4-5H2. The van der Waals surface area contributed by atoms with Gasteiger partial charge in [0, 0.05) is 13.0 Å². The van der Waals surface area contributed by atoms with Gasteiger partial charge >= 0.3 is 10.2 Å². The second-order valence-corrected chi connectivity index (χ2v) is 7.02. The maximum absolute atomic E-state index is 13.5. The van der Waals surface area contributed by atoms with Crippen LogP contribution in [0.3, 0.4) is 0 Å². The molecule has 106 valence electrons. The second-order valence-electron chi connectivity index (χ2n) is 4.39. The number of fused-ring (bicyclic) bond motifs is 1. The Morgan fingerprint density at radius 1 is 1.40 bits per heavy atom. The Morgan fingerprint density at radius 2 is 2.15 bits per heavy atom. The van der Waals surface area contributed by atoms with Crippen molar-refractivity contribution in [1.29, 1.82) is 0 Å². The maximum Gasteiger partial charge on any atom is 0.307 e. The molecule has 0 bridgehead atoms. The number of rotatable bonds is 2. The molecule has 0 N–H and O–H groups in total. The summed E-state index contributed by atoms with van der Waals surface area (Å²) in [5, 5.41) is -1.20. The van der Waals surface area contributed by atoms with Crippen molar-refractivity contribution in [2.75, 3.05) is 11.4 Å². The van der Waals surface area contributed by atoms with E-state index >= 15 is 0 Å². The minimum absolute atomic E-state index is 0.117. The van der Waals surface area contributed by atoms with E-state index in [2.05, 4.69) is 4.98 Å². The van der Waals surface area contributed by atoms with Crippen LogP contribution in [-0.4, -0.2) is 31.1 Å². The second kappa shape index (κ2) is 4.45. The van der Waals surface area contributed by atoms with Crippen LogP contribution in [0.5, 0.6) is 0 Å². The number of benzene rings is 1. The number of aromatic nitrogens is 1. The van der Waals surface area contributed by atoms with Crippen LogP contribution in [-0.2, 0) is 15.0 Å². The SMILES string of the molecule is O=C1CC(S(=O)(=O)F)CN1c1nc2c(F)cccc2s1. The van der Waals surface area contributed by atoms with Gasteiger partial charge in [-0.25, -0.2) is 9.37 Å². The van der Waals surface area contributed by atoms with E-state index in [-0.39, 0.29) is 17.2 Å². The fourth-order valence-electron chi connectivity index (χ4n) is 2.07. The number of carbonyl (C=O) groups excluding carboxylic acids is 1. The third kappa shape index (κ3) is 2.16. The first kappa shape index (κ1) is 13.4. The highest BCUT2D eigenvalue weighted by Crippen LogP contribution is 2.33. The summed E-state index contributed by atoms with van der Waals surface area (Å²) in [5.41, 5.74) is 0.117. The lowest BCUT2D eigenvalue weighted by molar-refractivity contribution is -0.117. The average molecular weight is 318 g/mol. The molecule has 1 unspecified atom stereocenters. The third-order valence-corrected chi connectivity index (χ3v) is 5.23. The maximum atomic E-state index is 13.5. The number of anilines is 1. The van der Waals surface area contributed by atoms with Gasteiger partial charge in [0.15, 0.2) is 5.13 Å². The van der Waals surface area contributed by atoms with Gasteiger partial charge in [0.2, 0.25) is 5.91 Å². The Hall–Kier alpha value is -1.61. The molecule has 3 rings (SSSR count). The van der Waals surface area contributed by atoms with Crippen LogP contribution >= 0.6 is 11.3 Å². The zero-order chi connectivity index (χ0) is 14.5. The first-order chi connectivity index (χ1) is 9.36. The fraction of sp³-hybridized carbons (Fsp3) is 0.273. The van der Waals surface area contributed by atoms with Crippen molar-refractivity contribution in [2.45, 2.75) is 11.7 Å². The van der Waals surface area contributed by atoms with Crippen molar-refractivity contribution >= 4 is 42.8 Å². The van der Waals surface area contributed by atoms with E-state index in [1.807, 2.05) is 0 Å². The number of halogens is 2. The Balaban J connectivity index is 2.00. The topological polar surface area (TPSA) is 67.3 Å². The van der Waals surface area contributed by atoms with Crippen molar-refractivity contribution < 1.29 is 21.5 Å². The number of hydrogen-bond acceptors (Lipinski definition) is 5. The largest absolute Gasteiger partial charge is 0.307 e. The highest BCUT2D eigenvalue weighted by Gasteiger charge is 2.40. The zero-order valence-electron chi connectivity index (χ0n) is 9.92. The van der Waals surface area contributed by atoms with Gasteiger partial charge in [-0.1, -0.05) is 17.4 Å². The Labute approximate surface area is 117 Å². The number of hydrogen-bond donors (Lipinski definition) is 0. The molecule has 2 heterocycles. The number of nitrogens with zero attached hydrogens (tertiary/aromatic N) is 2. The van der Waals surface area contributed by atoms with Gasteiger partial charge in [-0.15, -0.1) is 3.89 Å². The van der Waals surface area contributed by atoms with Gasteiger partial charge in [0.25, 0.3) is 0 Å². The van der Waals surface area contributed by atoms with Crippen molar-refractivity contribution in [3.8, 4) is 0 Å². The smallest absolute Gasteiger partial charge is 0.287 e. The summed E-state index contributed by atoms with van der Waals surface area (Å²) in [6.07, 6.45) is -0.419. The normalized spacial score (nSPS) is 20.0. The van der Waals surface area contributed by atoms with Crippen LogP contribution in [0, 0.1) is 5.82 Å². The summed E-state index contributed by atoms with van der Waals surface area (Å²) in [6, 6.07) is 4.40. The summed E-state index contributed by atoms with van der Waals surface area (Å²) >= 11 is 1.06. The van der Waals surface area contributed by atoms with Crippen LogP contribution in [0.4, 0.5) is 13.4 Å². The first-order valence-electron chi connectivity index (χ1n) is 5.65. The minimum Gasteiger partial charge on any atom is -0.287 e. The zero-order valence-corrected chi connectivity index (χ0v) is 11.5. The number of thiazole rings is 1. The molecule has 0 saturated carbocycles. The third-order valence-electron chi connectivity index (χ3n) is 3.08. The van der Waals surface area contributed by atoms with Crippen LogP contribution in [0.25, 0.3) is 10.2 Å². The summed E-state index contributed by atoms with van der Waals surface area (Å²) in [7, 11) is -4.77. The molecule has 0 aliphatic carbocycles. The molecule has 1 saturated heterocycles. The van der Waals surface area contributed by atoms with E-state index in [0.29, 0.717) is 4.70 Å². The van der Waals surface area contributed by atoms with Crippen molar-refractivity contribution in [2.24, 2.45) is 0 Å². The highest BCUT2D eigenvalue weighted by atomic mass is 32.3. The summed E-state index contributed by atoms with van der Waals surface area (Å²) in [5.74, 6) is -1.05. The fourth-order valence-corrected chi connectivity index (χ4v) is 3.74. The molecule has 1 aromatic heterocycles. The Morgan fingerprint density at radius 3 is 2.75 bits per heavy atom. The Kier molecular flexibility index (Phi) is 2.98. The monoisotopic (exact) mass is 318 g/mol. The molecule has 0 radical (unpaired) electrons. The lowest BCUT2D eigenvalue weighted by Gasteiger charge is -2.11. The minimum atomic E-state index is -4.77. The Bertz CT molecular complexity index is 803. The summed E-state index contributed by atoms with van der Waals surface area (Å²) in [6.45, 7) is -0.293. The van der Waals surface area contributed by atoms with E-state index in [9.17, 15) is 21.5 Å². The lowest BCUT2D eigenvalue weighted by Crippen LogP contribution is -2.26. The van der Waals surface area contributed by atoms with Crippen LogP contribution < -0.4 is 4.90 Å². The lowest BCUT2D eigenvalue weighted by atomic mass is 10.3. The summed E-state index contributed by atoms with van der Waals surface area (Å²) in [4.78, 5) is 16.8. The molecule has 1 aromatic carbocycles. The molecule has 9 heteroatoms. The molecule has 1 amide bonds. The molecule has 0 spiro atoms. The quantitative estimate of drug-likeness (QED) is 0.793. The molecular formula is C11H8F2N2O3S2. The van der Waals surface area contributed by atoms with E-state index in [0.717, 1.165) is 16.2 Å². The van der Waals surface area contributed by atoms with Crippen molar-refractivity contribution in [3.63, 3.8) is 0 Å². The van der Waals surface area contributed by atoms with Crippen LogP contribution in [0.15, 0.2) is 18.2 Å². The van der Waals surface area contributed by atoms with Crippen molar-refractivity contribution in [3.05, 3.63) is 24.0 Å². The van der Waals surface area contributed by atoms with Crippen LogP contribution in [0.2, 0.25) is 0 Å². The van der Waals surface area contributed by atoms with Gasteiger partial charge < -0.3 is 0 Å². The number of para-hydroxylation sites is 1. The molecule has 1 aliphatic rings. The van der Waals surface area contributed by atoms with E-state index < -0.39 is 33.6 Å². The van der Waals surface area contributed by atoms with Crippen molar-refractivity contribution in [1.82, 2.24) is 4.98 Å². The molecule has 1 aliphatic heterocycles. The predicted molar refractivity (Wildman–Crippen MR) is 70.4 cm³/mol. The first-order valence-corrected chi connectivity index (χ1v) is 7.91. The molecule has 20 heavy (non-hydrogen) atoms. The van der Waals surface area contributed by atoms with Gasteiger partial charge in [0.05, 0.1) is 4.70 Å².